The summed E-state index contributed by atoms with van der Waals surface area (Å²) in [5.41, 5.74) is 1.23. The smallest absolute Gasteiger partial charge is 0.226 e. The zero-order valence-corrected chi connectivity index (χ0v) is 12.8. The molecule has 1 aliphatic rings. The molecule has 0 saturated heterocycles. The normalized spacial score (nSPS) is 16.4. The van der Waals surface area contributed by atoms with Crippen molar-refractivity contribution in [2.24, 2.45) is 0 Å². The summed E-state index contributed by atoms with van der Waals surface area (Å²) in [4.78, 5) is 12.1. The van der Waals surface area contributed by atoms with Crippen LogP contribution in [0.2, 0.25) is 0 Å². The molecule has 1 amide bonds. The highest BCUT2D eigenvalue weighted by molar-refractivity contribution is 5.94. The van der Waals surface area contributed by atoms with E-state index in [4.69, 9.17) is 0 Å². The van der Waals surface area contributed by atoms with Gasteiger partial charge in [0.2, 0.25) is 5.91 Å². The molecule has 1 unspecified atom stereocenters. The number of rotatable bonds is 2. The van der Waals surface area contributed by atoms with E-state index in [0.29, 0.717) is 17.1 Å². The van der Waals surface area contributed by atoms with Crippen molar-refractivity contribution in [1.29, 1.82) is 0 Å². The van der Waals surface area contributed by atoms with Gasteiger partial charge in [0.05, 0.1) is 11.9 Å². The summed E-state index contributed by atoms with van der Waals surface area (Å²) in [5, 5.41) is 6.93. The summed E-state index contributed by atoms with van der Waals surface area (Å²) in [6, 6.07) is 8.75. The van der Waals surface area contributed by atoms with Crippen LogP contribution in [0.4, 0.5) is 19.0 Å². The molecule has 1 aliphatic heterocycles. The Morgan fingerprint density at radius 2 is 1.72 bits per heavy atom. The van der Waals surface area contributed by atoms with Gasteiger partial charge in [-0.05, 0) is 48.0 Å². The maximum absolute atomic E-state index is 14.2. The Hall–Kier alpha value is -3.09. The van der Waals surface area contributed by atoms with Crippen LogP contribution in [0.25, 0.3) is 5.69 Å². The minimum absolute atomic E-state index is 0.0114. The van der Waals surface area contributed by atoms with E-state index in [2.05, 4.69) is 10.4 Å². The molecule has 4 nitrogen and oxygen atoms in total. The van der Waals surface area contributed by atoms with Crippen LogP contribution in [-0.2, 0) is 4.79 Å². The standard InChI is InChI=1S/C18H12F3N3O/c19-10-1-4-12(5-2-10)24-18-15(9-22-24)13(8-17(25)23-18)14-7-11(20)3-6-16(14)21/h1-7,9,13H,8H2,(H,23,25). The fourth-order valence-electron chi connectivity index (χ4n) is 3.06. The van der Waals surface area contributed by atoms with E-state index in [1.54, 1.807) is 0 Å². The minimum atomic E-state index is -0.645. The molecule has 7 heteroatoms. The second kappa shape index (κ2) is 5.77. The Bertz CT molecular complexity index is 966. The molecule has 2 aromatic carbocycles. The van der Waals surface area contributed by atoms with Gasteiger partial charge in [-0.15, -0.1) is 0 Å². The number of aromatic nitrogens is 2. The lowest BCUT2D eigenvalue weighted by Crippen LogP contribution is -2.25. The van der Waals surface area contributed by atoms with Crippen LogP contribution >= 0.6 is 0 Å². The molecule has 25 heavy (non-hydrogen) atoms. The maximum atomic E-state index is 14.2. The van der Waals surface area contributed by atoms with E-state index in [1.165, 1.54) is 35.1 Å². The molecule has 0 radical (unpaired) electrons. The number of halogens is 3. The van der Waals surface area contributed by atoms with Crippen LogP contribution in [0.3, 0.4) is 0 Å². The largest absolute Gasteiger partial charge is 0.310 e. The van der Waals surface area contributed by atoms with Gasteiger partial charge in [-0.3, -0.25) is 4.79 Å². The molecule has 0 spiro atoms. The average molecular weight is 343 g/mol. The third-order valence-corrected chi connectivity index (χ3v) is 4.22. The van der Waals surface area contributed by atoms with Crippen molar-refractivity contribution in [3.63, 3.8) is 0 Å². The first kappa shape index (κ1) is 15.4. The van der Waals surface area contributed by atoms with E-state index < -0.39 is 23.4 Å². The van der Waals surface area contributed by atoms with Gasteiger partial charge in [0.1, 0.15) is 23.3 Å². The van der Waals surface area contributed by atoms with Gasteiger partial charge in [0.25, 0.3) is 0 Å². The molecule has 4 rings (SSSR count). The predicted molar refractivity (Wildman–Crippen MR) is 85.0 cm³/mol. The van der Waals surface area contributed by atoms with E-state index >= 15 is 0 Å². The number of amides is 1. The molecule has 1 atom stereocenters. The number of anilines is 1. The van der Waals surface area contributed by atoms with Gasteiger partial charge < -0.3 is 5.32 Å². The third kappa shape index (κ3) is 2.67. The molecule has 126 valence electrons. The van der Waals surface area contributed by atoms with Gasteiger partial charge in [-0.2, -0.15) is 5.10 Å². The Balaban J connectivity index is 1.84. The predicted octanol–water partition coefficient (Wildman–Crippen LogP) is 3.76. The lowest BCUT2D eigenvalue weighted by molar-refractivity contribution is -0.116. The lowest BCUT2D eigenvalue weighted by Gasteiger charge is -2.24. The first-order chi connectivity index (χ1) is 12.0. The molecule has 0 aliphatic carbocycles. The van der Waals surface area contributed by atoms with Crippen LogP contribution in [0.5, 0.6) is 0 Å². The van der Waals surface area contributed by atoms with Crippen molar-refractivity contribution in [2.75, 3.05) is 5.32 Å². The van der Waals surface area contributed by atoms with Crippen molar-refractivity contribution >= 4 is 11.7 Å². The van der Waals surface area contributed by atoms with Crippen LogP contribution in [0.1, 0.15) is 23.5 Å². The van der Waals surface area contributed by atoms with Crippen LogP contribution < -0.4 is 5.32 Å². The number of benzene rings is 2. The Labute approximate surface area is 140 Å². The summed E-state index contributed by atoms with van der Waals surface area (Å²) in [7, 11) is 0. The number of carbonyl (C=O) groups excluding carboxylic acids is 1. The molecule has 0 fully saturated rings. The monoisotopic (exact) mass is 343 g/mol. The number of hydrogen-bond donors (Lipinski definition) is 1. The third-order valence-electron chi connectivity index (χ3n) is 4.22. The number of fused-ring (bicyclic) bond motifs is 1. The van der Waals surface area contributed by atoms with Crippen LogP contribution in [0, 0.1) is 17.5 Å². The Morgan fingerprint density at radius 1 is 1.00 bits per heavy atom. The molecule has 1 N–H and O–H groups in total. The first-order valence-corrected chi connectivity index (χ1v) is 7.61. The average Bonchev–Trinajstić information content (AvgIpc) is 3.01. The zero-order valence-electron chi connectivity index (χ0n) is 12.8. The van der Waals surface area contributed by atoms with E-state index in [-0.39, 0.29) is 17.9 Å². The van der Waals surface area contributed by atoms with Crippen molar-refractivity contribution in [2.45, 2.75) is 12.3 Å². The molecule has 2 heterocycles. The number of nitrogens with one attached hydrogen (secondary N) is 1. The summed E-state index contributed by atoms with van der Waals surface area (Å²) >= 11 is 0. The van der Waals surface area contributed by atoms with E-state index in [0.717, 1.165) is 18.2 Å². The van der Waals surface area contributed by atoms with Crippen molar-refractivity contribution in [3.05, 3.63) is 77.2 Å². The van der Waals surface area contributed by atoms with E-state index in [9.17, 15) is 18.0 Å². The van der Waals surface area contributed by atoms with Crippen LogP contribution in [-0.4, -0.2) is 15.7 Å². The number of carbonyl (C=O) groups is 1. The fraction of sp³-hybridized carbons (Fsp3) is 0.111. The lowest BCUT2D eigenvalue weighted by atomic mass is 9.87. The Kier molecular flexibility index (Phi) is 3.56. The van der Waals surface area contributed by atoms with Crippen molar-refractivity contribution in [3.8, 4) is 5.69 Å². The topological polar surface area (TPSA) is 46.9 Å². The maximum Gasteiger partial charge on any atom is 0.226 e. The molecule has 1 aromatic heterocycles. The van der Waals surface area contributed by atoms with Gasteiger partial charge in [0, 0.05) is 17.9 Å². The van der Waals surface area contributed by atoms with Gasteiger partial charge >= 0.3 is 0 Å². The summed E-state index contributed by atoms with van der Waals surface area (Å²) in [6.07, 6.45) is 1.50. The highest BCUT2D eigenvalue weighted by atomic mass is 19.1. The molecule has 3 aromatic rings. The molecule has 0 bridgehead atoms. The fourth-order valence-corrected chi connectivity index (χ4v) is 3.06. The van der Waals surface area contributed by atoms with Gasteiger partial charge in [-0.25, -0.2) is 17.9 Å². The second-order valence-corrected chi connectivity index (χ2v) is 5.81. The van der Waals surface area contributed by atoms with E-state index in [1.807, 2.05) is 0 Å². The molecular formula is C18H12F3N3O. The number of nitrogens with zero attached hydrogens (tertiary/aromatic N) is 2. The highest BCUT2D eigenvalue weighted by Gasteiger charge is 2.32. The minimum Gasteiger partial charge on any atom is -0.310 e. The summed E-state index contributed by atoms with van der Waals surface area (Å²) in [5.74, 6) is -2.15. The number of hydrogen-bond acceptors (Lipinski definition) is 2. The Morgan fingerprint density at radius 3 is 2.48 bits per heavy atom. The quantitative estimate of drug-likeness (QED) is 0.770. The molecule has 0 saturated carbocycles. The SMILES string of the molecule is O=C1CC(c2cc(F)ccc2F)c2cnn(-c3ccc(F)cc3)c2N1. The second-order valence-electron chi connectivity index (χ2n) is 5.81. The van der Waals surface area contributed by atoms with Gasteiger partial charge in [0.15, 0.2) is 0 Å². The summed E-state index contributed by atoms with van der Waals surface area (Å²) in [6.45, 7) is 0. The summed E-state index contributed by atoms with van der Waals surface area (Å²) < 4.78 is 42.3. The van der Waals surface area contributed by atoms with Crippen LogP contribution in [0.15, 0.2) is 48.7 Å². The molecular weight excluding hydrogens is 331 g/mol. The van der Waals surface area contributed by atoms with Crippen molar-refractivity contribution < 1.29 is 18.0 Å². The van der Waals surface area contributed by atoms with Gasteiger partial charge in [-0.1, -0.05) is 0 Å². The zero-order chi connectivity index (χ0) is 17.6. The highest BCUT2D eigenvalue weighted by Crippen LogP contribution is 2.39. The first-order valence-electron chi connectivity index (χ1n) is 7.61. The van der Waals surface area contributed by atoms with Crippen molar-refractivity contribution in [1.82, 2.24) is 9.78 Å².